The lowest BCUT2D eigenvalue weighted by Crippen LogP contribution is -2.41. The Morgan fingerprint density at radius 2 is 1.94 bits per heavy atom. The van der Waals surface area contributed by atoms with Gasteiger partial charge in [-0.25, -0.2) is 0 Å². The van der Waals surface area contributed by atoms with E-state index in [4.69, 9.17) is 4.74 Å². The van der Waals surface area contributed by atoms with E-state index in [2.05, 4.69) is 25.4 Å². The van der Waals surface area contributed by atoms with Crippen LogP contribution < -0.4 is 15.0 Å². The molecule has 0 aliphatic carbocycles. The van der Waals surface area contributed by atoms with Crippen LogP contribution in [0.15, 0.2) is 60.9 Å². The molecule has 7 heteroatoms. The highest BCUT2D eigenvalue weighted by Gasteiger charge is 2.25. The quantitative estimate of drug-likeness (QED) is 0.636. The largest absolute Gasteiger partial charge is 0.496 e. The van der Waals surface area contributed by atoms with Gasteiger partial charge < -0.3 is 15.0 Å². The summed E-state index contributed by atoms with van der Waals surface area (Å²) in [7, 11) is 1.67. The lowest BCUT2D eigenvalue weighted by molar-refractivity contribution is -0.125. The molecular weight excluding hydrogens is 390 g/mol. The van der Waals surface area contributed by atoms with Gasteiger partial charge >= 0.3 is 0 Å². The number of nitrogens with one attached hydrogen (secondary N) is 1. The zero-order valence-electron chi connectivity index (χ0n) is 17.7. The number of amides is 1. The molecule has 0 spiro atoms. The van der Waals surface area contributed by atoms with Crippen LogP contribution in [0.2, 0.25) is 0 Å². The zero-order valence-corrected chi connectivity index (χ0v) is 17.7. The molecular formula is C24H27N5O2. The molecule has 0 saturated carbocycles. The Bertz CT molecular complexity index is 986. The molecule has 1 aromatic carbocycles. The number of pyridine rings is 1. The maximum Gasteiger partial charge on any atom is 0.223 e. The van der Waals surface area contributed by atoms with E-state index in [-0.39, 0.29) is 11.8 Å². The molecule has 160 valence electrons. The fraction of sp³-hybridized carbons (Fsp3) is 0.333. The molecule has 0 unspecified atom stereocenters. The van der Waals surface area contributed by atoms with E-state index in [1.165, 1.54) is 0 Å². The van der Waals surface area contributed by atoms with Crippen molar-refractivity contribution in [1.82, 2.24) is 20.5 Å². The van der Waals surface area contributed by atoms with Crippen molar-refractivity contribution in [2.75, 3.05) is 31.6 Å². The summed E-state index contributed by atoms with van der Waals surface area (Å²) < 4.78 is 5.37. The molecule has 0 bridgehead atoms. The molecule has 0 atom stereocenters. The number of methoxy groups -OCH3 is 1. The summed E-state index contributed by atoms with van der Waals surface area (Å²) in [5.74, 6) is 1.88. The number of ether oxygens (including phenoxy) is 1. The summed E-state index contributed by atoms with van der Waals surface area (Å²) in [4.78, 5) is 18.9. The molecule has 1 N–H and O–H groups in total. The van der Waals surface area contributed by atoms with Crippen molar-refractivity contribution >= 4 is 11.7 Å². The number of nitrogens with zero attached hydrogens (tertiary/aromatic N) is 4. The van der Waals surface area contributed by atoms with E-state index >= 15 is 0 Å². The molecule has 31 heavy (non-hydrogen) atoms. The Balaban J connectivity index is 1.25. The van der Waals surface area contributed by atoms with Gasteiger partial charge in [0.2, 0.25) is 5.91 Å². The van der Waals surface area contributed by atoms with Crippen LogP contribution in [-0.4, -0.2) is 47.8 Å². The van der Waals surface area contributed by atoms with Crippen LogP contribution in [0.25, 0.3) is 11.3 Å². The summed E-state index contributed by atoms with van der Waals surface area (Å²) in [6, 6.07) is 15.7. The second-order valence-electron chi connectivity index (χ2n) is 7.63. The first-order valence-corrected chi connectivity index (χ1v) is 10.6. The van der Waals surface area contributed by atoms with Gasteiger partial charge in [-0.3, -0.25) is 9.78 Å². The highest BCUT2D eigenvalue weighted by atomic mass is 16.5. The lowest BCUT2D eigenvalue weighted by Gasteiger charge is -2.31. The first-order chi connectivity index (χ1) is 15.2. The van der Waals surface area contributed by atoms with Gasteiger partial charge in [0.05, 0.1) is 12.8 Å². The summed E-state index contributed by atoms with van der Waals surface area (Å²) in [6.07, 6.45) is 5.90. The van der Waals surface area contributed by atoms with Crippen molar-refractivity contribution in [2.24, 2.45) is 5.92 Å². The van der Waals surface area contributed by atoms with Crippen molar-refractivity contribution < 1.29 is 9.53 Å². The molecule has 7 nitrogen and oxygen atoms in total. The van der Waals surface area contributed by atoms with Gasteiger partial charge in [0.25, 0.3) is 0 Å². The molecule has 1 aliphatic heterocycles. The number of carbonyl (C=O) groups is 1. The van der Waals surface area contributed by atoms with Gasteiger partial charge in [0.15, 0.2) is 5.82 Å². The number of anilines is 1. The monoisotopic (exact) mass is 417 g/mol. The minimum absolute atomic E-state index is 0.0385. The Morgan fingerprint density at radius 1 is 1.10 bits per heavy atom. The molecule has 2 aromatic heterocycles. The maximum absolute atomic E-state index is 12.6. The summed E-state index contributed by atoms with van der Waals surface area (Å²) in [5, 5.41) is 11.8. The number of hydrogen-bond acceptors (Lipinski definition) is 6. The molecule has 4 rings (SSSR count). The minimum Gasteiger partial charge on any atom is -0.496 e. The van der Waals surface area contributed by atoms with Crippen molar-refractivity contribution in [1.29, 1.82) is 0 Å². The molecule has 0 radical (unpaired) electrons. The van der Waals surface area contributed by atoms with Crippen LogP contribution in [0, 0.1) is 5.92 Å². The number of carbonyl (C=O) groups excluding carboxylic acids is 1. The lowest BCUT2D eigenvalue weighted by atomic mass is 9.96. The molecule has 1 aliphatic rings. The highest BCUT2D eigenvalue weighted by molar-refractivity contribution is 5.79. The van der Waals surface area contributed by atoms with Crippen LogP contribution in [0.3, 0.4) is 0 Å². The van der Waals surface area contributed by atoms with E-state index in [0.717, 1.165) is 60.7 Å². The first-order valence-electron chi connectivity index (χ1n) is 10.6. The predicted octanol–water partition coefficient (Wildman–Crippen LogP) is 3.12. The Labute approximate surface area is 182 Å². The third-order valence-electron chi connectivity index (χ3n) is 5.68. The van der Waals surface area contributed by atoms with Crippen LogP contribution in [-0.2, 0) is 11.2 Å². The predicted molar refractivity (Wildman–Crippen MR) is 120 cm³/mol. The van der Waals surface area contributed by atoms with Crippen molar-refractivity contribution in [2.45, 2.75) is 19.3 Å². The van der Waals surface area contributed by atoms with E-state index in [1.54, 1.807) is 19.5 Å². The van der Waals surface area contributed by atoms with Crippen LogP contribution >= 0.6 is 0 Å². The van der Waals surface area contributed by atoms with E-state index in [0.29, 0.717) is 6.54 Å². The molecule has 1 saturated heterocycles. The number of para-hydroxylation sites is 1. The van der Waals surface area contributed by atoms with Gasteiger partial charge in [0, 0.05) is 43.5 Å². The SMILES string of the molecule is COc1ccccc1CCNC(=O)C1CCN(c2ccc(-c3cccnc3)nn2)CC1. The van der Waals surface area contributed by atoms with Gasteiger partial charge in [-0.2, -0.15) is 0 Å². The maximum atomic E-state index is 12.6. The third kappa shape index (κ3) is 5.17. The van der Waals surface area contributed by atoms with Crippen LogP contribution in [0.4, 0.5) is 5.82 Å². The second kappa shape index (κ2) is 10.0. The van der Waals surface area contributed by atoms with Gasteiger partial charge in [0.1, 0.15) is 5.75 Å². The van der Waals surface area contributed by atoms with Crippen molar-refractivity contribution in [3.63, 3.8) is 0 Å². The number of benzene rings is 1. The summed E-state index contributed by atoms with van der Waals surface area (Å²) in [6.45, 7) is 2.21. The normalized spacial score (nSPS) is 14.3. The molecule has 1 amide bonds. The van der Waals surface area contributed by atoms with Gasteiger partial charge in [-0.15, -0.1) is 10.2 Å². The van der Waals surface area contributed by atoms with Crippen LogP contribution in [0.5, 0.6) is 5.75 Å². The highest BCUT2D eigenvalue weighted by Crippen LogP contribution is 2.23. The van der Waals surface area contributed by atoms with E-state index in [1.807, 2.05) is 48.5 Å². The number of piperidine rings is 1. The number of rotatable bonds is 7. The number of aromatic nitrogens is 3. The standard InChI is InChI=1S/C24H27N5O2/c1-31-22-7-3-2-5-18(22)10-14-26-24(30)19-11-15-29(16-12-19)23-9-8-21(27-28-23)20-6-4-13-25-17-20/h2-9,13,17,19H,10-12,14-16H2,1H3,(H,26,30). The Morgan fingerprint density at radius 3 is 2.65 bits per heavy atom. The van der Waals surface area contributed by atoms with Gasteiger partial charge in [-0.1, -0.05) is 18.2 Å². The average molecular weight is 418 g/mol. The second-order valence-corrected chi connectivity index (χ2v) is 7.63. The smallest absolute Gasteiger partial charge is 0.223 e. The fourth-order valence-electron chi connectivity index (χ4n) is 3.91. The average Bonchev–Trinajstić information content (AvgIpc) is 2.85. The van der Waals surface area contributed by atoms with E-state index < -0.39 is 0 Å². The summed E-state index contributed by atoms with van der Waals surface area (Å²) >= 11 is 0. The van der Waals surface area contributed by atoms with Crippen molar-refractivity contribution in [3.8, 4) is 17.0 Å². The zero-order chi connectivity index (χ0) is 21.5. The Kier molecular flexibility index (Phi) is 6.72. The molecule has 3 heterocycles. The third-order valence-corrected chi connectivity index (χ3v) is 5.68. The first kappa shape index (κ1) is 20.8. The molecule has 3 aromatic rings. The fourth-order valence-corrected chi connectivity index (χ4v) is 3.91. The Hall–Kier alpha value is -3.48. The van der Waals surface area contributed by atoms with Crippen LogP contribution in [0.1, 0.15) is 18.4 Å². The van der Waals surface area contributed by atoms with Gasteiger partial charge in [-0.05, 0) is 55.2 Å². The topological polar surface area (TPSA) is 80.2 Å². The van der Waals surface area contributed by atoms with E-state index in [9.17, 15) is 4.79 Å². The summed E-state index contributed by atoms with van der Waals surface area (Å²) in [5.41, 5.74) is 2.86. The number of hydrogen-bond donors (Lipinski definition) is 1. The van der Waals surface area contributed by atoms with Crippen molar-refractivity contribution in [3.05, 3.63) is 66.5 Å². The molecule has 1 fully saturated rings. The minimum atomic E-state index is 0.0385.